The van der Waals surface area contributed by atoms with E-state index in [0.29, 0.717) is 23.0 Å². The molecule has 3 heterocycles. The van der Waals surface area contributed by atoms with Crippen molar-refractivity contribution in [3.63, 3.8) is 0 Å². The number of fused-ring (bicyclic) bond motifs is 1. The van der Waals surface area contributed by atoms with Crippen LogP contribution < -0.4 is 5.32 Å². The van der Waals surface area contributed by atoms with Crippen molar-refractivity contribution in [2.75, 3.05) is 11.9 Å². The topological polar surface area (TPSA) is 85.1 Å². The lowest BCUT2D eigenvalue weighted by Gasteiger charge is -2.13. The fraction of sp³-hybridized carbons (Fsp3) is 0.353. The molecule has 136 valence electrons. The molecule has 0 amide bonds. The van der Waals surface area contributed by atoms with Gasteiger partial charge in [-0.05, 0) is 36.1 Å². The molecule has 1 saturated heterocycles. The summed E-state index contributed by atoms with van der Waals surface area (Å²) in [5.41, 5.74) is 1.55. The molecular formula is C17H17Cl2N5O2. The predicted molar refractivity (Wildman–Crippen MR) is 99.3 cm³/mol. The molecule has 3 aromatic rings. The number of benzene rings is 1. The Kier molecular flexibility index (Phi) is 4.95. The summed E-state index contributed by atoms with van der Waals surface area (Å²) in [5.74, 6) is 0.586. The maximum atomic E-state index is 9.26. The van der Waals surface area contributed by atoms with Crippen LogP contribution >= 0.6 is 23.2 Å². The second kappa shape index (κ2) is 7.36. The molecular weight excluding hydrogens is 377 g/mol. The van der Waals surface area contributed by atoms with E-state index in [4.69, 9.17) is 27.9 Å². The van der Waals surface area contributed by atoms with Gasteiger partial charge in [-0.15, -0.1) is 0 Å². The van der Waals surface area contributed by atoms with Crippen molar-refractivity contribution in [3.8, 4) is 0 Å². The first-order valence-corrected chi connectivity index (χ1v) is 9.05. The molecule has 1 fully saturated rings. The summed E-state index contributed by atoms with van der Waals surface area (Å²) in [4.78, 5) is 8.59. The lowest BCUT2D eigenvalue weighted by molar-refractivity contribution is -0.0262. The lowest BCUT2D eigenvalue weighted by atomic mass is 10.2. The van der Waals surface area contributed by atoms with E-state index in [2.05, 4.69) is 20.4 Å². The highest BCUT2D eigenvalue weighted by molar-refractivity contribution is 6.31. The number of aromatic nitrogens is 4. The molecule has 0 radical (unpaired) electrons. The van der Waals surface area contributed by atoms with Gasteiger partial charge in [-0.25, -0.2) is 4.68 Å². The third kappa shape index (κ3) is 3.35. The number of anilines is 1. The summed E-state index contributed by atoms with van der Waals surface area (Å²) in [6.45, 7) is 0.496. The van der Waals surface area contributed by atoms with Gasteiger partial charge in [0.25, 0.3) is 0 Å². The van der Waals surface area contributed by atoms with Gasteiger partial charge in [0.05, 0.1) is 24.3 Å². The molecule has 1 aliphatic heterocycles. The Hall–Kier alpha value is -1.93. The van der Waals surface area contributed by atoms with Crippen LogP contribution in [-0.2, 0) is 11.3 Å². The highest BCUT2D eigenvalue weighted by atomic mass is 35.5. The van der Waals surface area contributed by atoms with Crippen LogP contribution in [0.5, 0.6) is 0 Å². The number of ether oxygens (including phenoxy) is 1. The standard InChI is InChI=1S/C17H17Cl2N5O2/c18-13-4-2-1-3-10(13)7-20-15-12-8-21-24(16(12)23-17(19)22-15)14-6-5-11(9-25)26-14/h1-4,8,11,14,25H,5-7,9H2,(H,20,22,23). The minimum absolute atomic E-state index is 0.00389. The molecule has 0 bridgehead atoms. The second-order valence-corrected chi connectivity index (χ2v) is 6.83. The van der Waals surface area contributed by atoms with E-state index in [1.807, 2.05) is 24.3 Å². The van der Waals surface area contributed by atoms with E-state index in [0.717, 1.165) is 23.8 Å². The number of nitrogens with zero attached hydrogens (tertiary/aromatic N) is 4. The van der Waals surface area contributed by atoms with Crippen LogP contribution in [0.2, 0.25) is 10.3 Å². The molecule has 26 heavy (non-hydrogen) atoms. The van der Waals surface area contributed by atoms with E-state index in [-0.39, 0.29) is 24.2 Å². The molecule has 7 nitrogen and oxygen atoms in total. The summed E-state index contributed by atoms with van der Waals surface area (Å²) >= 11 is 12.3. The second-order valence-electron chi connectivity index (χ2n) is 6.09. The van der Waals surface area contributed by atoms with E-state index < -0.39 is 0 Å². The Morgan fingerprint density at radius 2 is 2.08 bits per heavy atom. The van der Waals surface area contributed by atoms with Crippen molar-refractivity contribution in [3.05, 3.63) is 46.3 Å². The monoisotopic (exact) mass is 393 g/mol. The number of hydrogen-bond donors (Lipinski definition) is 2. The Balaban J connectivity index is 1.63. The van der Waals surface area contributed by atoms with Gasteiger partial charge in [-0.3, -0.25) is 0 Å². The molecule has 9 heteroatoms. The van der Waals surface area contributed by atoms with Crippen molar-refractivity contribution in [1.29, 1.82) is 0 Å². The van der Waals surface area contributed by atoms with Crippen molar-refractivity contribution in [2.24, 2.45) is 0 Å². The molecule has 2 aromatic heterocycles. The van der Waals surface area contributed by atoms with Crippen LogP contribution in [0.4, 0.5) is 5.82 Å². The summed E-state index contributed by atoms with van der Waals surface area (Å²) in [7, 11) is 0. The maximum Gasteiger partial charge on any atom is 0.226 e. The summed E-state index contributed by atoms with van der Waals surface area (Å²) in [6, 6.07) is 7.60. The lowest BCUT2D eigenvalue weighted by Crippen LogP contribution is -2.15. The number of halogens is 2. The van der Waals surface area contributed by atoms with Gasteiger partial charge >= 0.3 is 0 Å². The van der Waals surface area contributed by atoms with Crippen LogP contribution in [0.15, 0.2) is 30.5 Å². The average Bonchev–Trinajstić information content (AvgIpc) is 3.27. The largest absolute Gasteiger partial charge is 0.394 e. The van der Waals surface area contributed by atoms with Crippen LogP contribution in [-0.4, -0.2) is 37.6 Å². The van der Waals surface area contributed by atoms with E-state index in [1.165, 1.54) is 0 Å². The van der Waals surface area contributed by atoms with Crippen molar-refractivity contribution in [2.45, 2.75) is 31.7 Å². The van der Waals surface area contributed by atoms with Crippen LogP contribution in [0.1, 0.15) is 24.6 Å². The Morgan fingerprint density at radius 3 is 2.85 bits per heavy atom. The fourth-order valence-electron chi connectivity index (χ4n) is 3.07. The molecule has 1 aliphatic rings. The Bertz CT molecular complexity index is 933. The first kappa shape index (κ1) is 17.5. The van der Waals surface area contributed by atoms with Gasteiger partial charge < -0.3 is 15.2 Å². The third-order valence-corrected chi connectivity index (χ3v) is 4.93. The summed E-state index contributed by atoms with van der Waals surface area (Å²) < 4.78 is 7.49. The number of aliphatic hydroxyl groups is 1. The zero-order chi connectivity index (χ0) is 18.1. The van der Waals surface area contributed by atoms with E-state index >= 15 is 0 Å². The molecule has 0 saturated carbocycles. The number of rotatable bonds is 5. The van der Waals surface area contributed by atoms with Gasteiger partial charge in [-0.2, -0.15) is 15.1 Å². The molecule has 2 N–H and O–H groups in total. The molecule has 0 spiro atoms. The normalized spacial score (nSPS) is 20.0. The minimum atomic E-state index is -0.271. The Morgan fingerprint density at radius 1 is 1.23 bits per heavy atom. The van der Waals surface area contributed by atoms with Crippen LogP contribution in [0.3, 0.4) is 0 Å². The van der Waals surface area contributed by atoms with Crippen LogP contribution in [0, 0.1) is 0 Å². The van der Waals surface area contributed by atoms with Crippen molar-refractivity contribution < 1.29 is 9.84 Å². The van der Waals surface area contributed by atoms with E-state index in [9.17, 15) is 5.11 Å². The molecule has 2 unspecified atom stereocenters. The zero-order valence-corrected chi connectivity index (χ0v) is 15.3. The SMILES string of the molecule is OCC1CCC(n2ncc3c(NCc4ccccc4Cl)nc(Cl)nc32)O1. The van der Waals surface area contributed by atoms with Crippen molar-refractivity contribution in [1.82, 2.24) is 19.7 Å². The fourth-order valence-corrected chi connectivity index (χ4v) is 3.43. The van der Waals surface area contributed by atoms with Gasteiger partial charge in [-0.1, -0.05) is 29.8 Å². The first-order chi connectivity index (χ1) is 12.7. The quantitative estimate of drug-likeness (QED) is 0.646. The van der Waals surface area contributed by atoms with Gasteiger partial charge in [0.1, 0.15) is 5.82 Å². The zero-order valence-electron chi connectivity index (χ0n) is 13.8. The number of hydrogen-bond acceptors (Lipinski definition) is 6. The maximum absolute atomic E-state index is 9.26. The first-order valence-electron chi connectivity index (χ1n) is 8.30. The summed E-state index contributed by atoms with van der Waals surface area (Å²) in [5, 5.41) is 18.5. The Labute approximate surface area is 159 Å². The van der Waals surface area contributed by atoms with Crippen molar-refractivity contribution >= 4 is 40.1 Å². The summed E-state index contributed by atoms with van der Waals surface area (Å²) in [6.07, 6.45) is 2.78. The minimum Gasteiger partial charge on any atom is -0.394 e. The smallest absolute Gasteiger partial charge is 0.226 e. The van der Waals surface area contributed by atoms with Gasteiger partial charge in [0.15, 0.2) is 11.9 Å². The number of nitrogens with one attached hydrogen (secondary N) is 1. The van der Waals surface area contributed by atoms with Crippen LogP contribution in [0.25, 0.3) is 11.0 Å². The number of aliphatic hydroxyl groups excluding tert-OH is 1. The van der Waals surface area contributed by atoms with E-state index in [1.54, 1.807) is 10.9 Å². The predicted octanol–water partition coefficient (Wildman–Crippen LogP) is 3.42. The third-order valence-electron chi connectivity index (χ3n) is 4.39. The molecule has 4 rings (SSSR count). The molecule has 2 atom stereocenters. The molecule has 0 aliphatic carbocycles. The molecule has 1 aromatic carbocycles. The van der Waals surface area contributed by atoms with Gasteiger partial charge in [0.2, 0.25) is 5.28 Å². The highest BCUT2D eigenvalue weighted by Gasteiger charge is 2.28. The highest BCUT2D eigenvalue weighted by Crippen LogP contribution is 2.32. The van der Waals surface area contributed by atoms with Gasteiger partial charge in [0, 0.05) is 11.6 Å². The average molecular weight is 394 g/mol.